The van der Waals surface area contributed by atoms with Crippen molar-refractivity contribution in [2.24, 2.45) is 17.8 Å². The molecule has 0 saturated heterocycles. The summed E-state index contributed by atoms with van der Waals surface area (Å²) < 4.78 is 6.05. The Balaban J connectivity index is 1.33. The van der Waals surface area contributed by atoms with Gasteiger partial charge < -0.3 is 4.74 Å². The van der Waals surface area contributed by atoms with Gasteiger partial charge >= 0.3 is 0 Å². The van der Waals surface area contributed by atoms with E-state index < -0.39 is 0 Å². The Morgan fingerprint density at radius 2 is 1.57 bits per heavy atom. The summed E-state index contributed by atoms with van der Waals surface area (Å²) in [5.41, 5.74) is 1.54. The van der Waals surface area contributed by atoms with Gasteiger partial charge in [0, 0.05) is 0 Å². The van der Waals surface area contributed by atoms with E-state index in [0.717, 1.165) is 36.0 Å². The third kappa shape index (κ3) is 6.82. The fourth-order valence-corrected chi connectivity index (χ4v) is 5.66. The van der Waals surface area contributed by atoms with E-state index in [2.05, 4.69) is 38.1 Å². The van der Waals surface area contributed by atoms with Gasteiger partial charge in [0.15, 0.2) is 0 Å². The first kappa shape index (κ1) is 21.7. The van der Waals surface area contributed by atoms with Gasteiger partial charge in [0.05, 0.1) is 6.61 Å². The zero-order chi connectivity index (χ0) is 19.6. The summed E-state index contributed by atoms with van der Waals surface area (Å²) in [5, 5.41) is 0. The Morgan fingerprint density at radius 3 is 2.29 bits per heavy atom. The van der Waals surface area contributed by atoms with Crippen molar-refractivity contribution in [2.45, 2.75) is 110 Å². The van der Waals surface area contributed by atoms with Crippen molar-refractivity contribution in [3.8, 4) is 5.75 Å². The van der Waals surface area contributed by atoms with Crippen molar-refractivity contribution in [1.82, 2.24) is 0 Å². The minimum absolute atomic E-state index is 0.782. The van der Waals surface area contributed by atoms with Crippen LogP contribution in [0.3, 0.4) is 0 Å². The summed E-state index contributed by atoms with van der Waals surface area (Å²) in [7, 11) is 0. The van der Waals surface area contributed by atoms with Crippen molar-refractivity contribution in [1.29, 1.82) is 0 Å². The maximum Gasteiger partial charge on any atom is 0.119 e. The Hall–Kier alpha value is -0.980. The molecular formula is C27H44O. The average molecular weight is 385 g/mol. The first-order valence-corrected chi connectivity index (χ1v) is 12.5. The molecule has 0 amide bonds. The van der Waals surface area contributed by atoms with Gasteiger partial charge in [-0.3, -0.25) is 0 Å². The highest BCUT2D eigenvalue weighted by atomic mass is 16.5. The number of ether oxygens (including phenoxy) is 1. The van der Waals surface area contributed by atoms with Crippen molar-refractivity contribution < 1.29 is 4.74 Å². The molecule has 2 aliphatic carbocycles. The third-order valence-corrected chi connectivity index (χ3v) is 7.69. The molecule has 2 fully saturated rings. The second kappa shape index (κ2) is 11.9. The summed E-state index contributed by atoms with van der Waals surface area (Å²) in [4.78, 5) is 0. The molecule has 0 aromatic heterocycles. The van der Waals surface area contributed by atoms with Gasteiger partial charge in [-0.1, -0.05) is 77.3 Å². The Bertz CT molecular complexity index is 526. The van der Waals surface area contributed by atoms with Crippen LogP contribution in [0.4, 0.5) is 0 Å². The van der Waals surface area contributed by atoms with E-state index in [-0.39, 0.29) is 0 Å². The molecule has 3 rings (SSSR count). The molecule has 2 saturated carbocycles. The summed E-state index contributed by atoms with van der Waals surface area (Å²) in [5.74, 6) is 4.71. The Labute approximate surface area is 174 Å². The molecule has 1 aromatic carbocycles. The first-order chi connectivity index (χ1) is 13.8. The number of hydrogen-bond acceptors (Lipinski definition) is 1. The fraction of sp³-hybridized carbons (Fsp3) is 0.778. The van der Waals surface area contributed by atoms with Gasteiger partial charge in [-0.15, -0.1) is 0 Å². The van der Waals surface area contributed by atoms with Crippen LogP contribution in [0, 0.1) is 17.8 Å². The van der Waals surface area contributed by atoms with E-state index in [1.165, 1.54) is 95.5 Å². The molecule has 1 heteroatoms. The van der Waals surface area contributed by atoms with Crippen LogP contribution < -0.4 is 4.74 Å². The molecular weight excluding hydrogens is 340 g/mol. The lowest BCUT2D eigenvalue weighted by Crippen LogP contribution is -2.17. The minimum atomic E-state index is 0.782. The molecule has 158 valence electrons. The van der Waals surface area contributed by atoms with E-state index in [4.69, 9.17) is 4.74 Å². The topological polar surface area (TPSA) is 9.23 Å². The predicted octanol–water partition coefficient (Wildman–Crippen LogP) is 8.53. The Kier molecular flexibility index (Phi) is 9.22. The fourth-order valence-electron chi connectivity index (χ4n) is 5.66. The molecule has 0 bridgehead atoms. The Morgan fingerprint density at radius 1 is 0.821 bits per heavy atom. The maximum absolute atomic E-state index is 6.05. The van der Waals surface area contributed by atoms with Crippen molar-refractivity contribution in [3.63, 3.8) is 0 Å². The van der Waals surface area contributed by atoms with Crippen molar-refractivity contribution >= 4 is 0 Å². The van der Waals surface area contributed by atoms with Crippen LogP contribution in [0.1, 0.15) is 115 Å². The minimum Gasteiger partial charge on any atom is -0.494 e. The largest absolute Gasteiger partial charge is 0.494 e. The van der Waals surface area contributed by atoms with Crippen LogP contribution in [0.15, 0.2) is 24.3 Å². The van der Waals surface area contributed by atoms with Crippen LogP contribution in [-0.2, 0) is 0 Å². The van der Waals surface area contributed by atoms with E-state index in [1.54, 1.807) is 0 Å². The lowest BCUT2D eigenvalue weighted by atomic mass is 9.77. The molecule has 1 nitrogen and oxygen atoms in total. The number of unbranched alkanes of at least 4 members (excludes halogenated alkanes) is 2. The van der Waals surface area contributed by atoms with Crippen molar-refractivity contribution in [3.05, 3.63) is 29.8 Å². The SMILES string of the molecule is CCCCCC1CCC(c2ccc(OCCCC3CCCCC3C)cc2)CC1. The number of rotatable bonds is 10. The molecule has 28 heavy (non-hydrogen) atoms. The summed E-state index contributed by atoms with van der Waals surface area (Å²) in [6, 6.07) is 9.10. The molecule has 0 aliphatic heterocycles. The lowest BCUT2D eigenvalue weighted by Gasteiger charge is -2.29. The zero-order valence-electron chi connectivity index (χ0n) is 18.6. The van der Waals surface area contributed by atoms with E-state index in [0.29, 0.717) is 0 Å². The highest BCUT2D eigenvalue weighted by molar-refractivity contribution is 5.29. The molecule has 0 heterocycles. The van der Waals surface area contributed by atoms with Crippen LogP contribution in [0.2, 0.25) is 0 Å². The van der Waals surface area contributed by atoms with Crippen LogP contribution in [0.5, 0.6) is 5.75 Å². The standard InChI is InChI=1S/C27H44O/c1-3-4-5-10-23-13-15-25(16-14-23)26-17-19-27(20-18-26)28-21-8-12-24-11-7-6-9-22(24)2/h17-20,22-25H,3-16,21H2,1-2H3. The van der Waals surface area contributed by atoms with E-state index in [1.807, 2.05) is 0 Å². The van der Waals surface area contributed by atoms with Crippen LogP contribution in [-0.4, -0.2) is 6.61 Å². The first-order valence-electron chi connectivity index (χ1n) is 12.5. The van der Waals surface area contributed by atoms with Gasteiger partial charge in [-0.25, -0.2) is 0 Å². The van der Waals surface area contributed by atoms with Gasteiger partial charge in [0.2, 0.25) is 0 Å². The van der Waals surface area contributed by atoms with E-state index >= 15 is 0 Å². The molecule has 2 atom stereocenters. The second-order valence-electron chi connectivity index (χ2n) is 9.79. The van der Waals surface area contributed by atoms with Gasteiger partial charge in [0.1, 0.15) is 5.75 Å². The maximum atomic E-state index is 6.05. The highest BCUT2D eigenvalue weighted by Crippen LogP contribution is 2.38. The molecule has 0 radical (unpaired) electrons. The monoisotopic (exact) mass is 384 g/mol. The van der Waals surface area contributed by atoms with Crippen LogP contribution >= 0.6 is 0 Å². The average Bonchev–Trinajstić information content (AvgIpc) is 2.74. The summed E-state index contributed by atoms with van der Waals surface area (Å²) >= 11 is 0. The molecule has 0 N–H and O–H groups in total. The number of benzene rings is 1. The van der Waals surface area contributed by atoms with Gasteiger partial charge in [-0.2, -0.15) is 0 Å². The predicted molar refractivity (Wildman–Crippen MR) is 121 cm³/mol. The van der Waals surface area contributed by atoms with E-state index in [9.17, 15) is 0 Å². The smallest absolute Gasteiger partial charge is 0.119 e. The quantitative estimate of drug-likeness (QED) is 0.367. The molecule has 2 unspecified atom stereocenters. The molecule has 0 spiro atoms. The third-order valence-electron chi connectivity index (χ3n) is 7.69. The second-order valence-corrected chi connectivity index (χ2v) is 9.79. The van der Waals surface area contributed by atoms with Gasteiger partial charge in [0.25, 0.3) is 0 Å². The number of hydrogen-bond donors (Lipinski definition) is 0. The molecule has 1 aromatic rings. The van der Waals surface area contributed by atoms with Crippen molar-refractivity contribution in [2.75, 3.05) is 6.61 Å². The summed E-state index contributed by atoms with van der Waals surface area (Å²) in [6.45, 7) is 5.63. The lowest BCUT2D eigenvalue weighted by molar-refractivity contribution is 0.217. The molecule has 2 aliphatic rings. The normalized spacial score (nSPS) is 28.2. The van der Waals surface area contributed by atoms with Crippen LogP contribution in [0.25, 0.3) is 0 Å². The zero-order valence-corrected chi connectivity index (χ0v) is 18.6. The summed E-state index contributed by atoms with van der Waals surface area (Å²) in [6.07, 6.45) is 19.6. The highest BCUT2D eigenvalue weighted by Gasteiger charge is 2.22. The van der Waals surface area contributed by atoms with Gasteiger partial charge in [-0.05, 0) is 79.9 Å².